The van der Waals surface area contributed by atoms with Crippen LogP contribution in [0.1, 0.15) is 75.4 Å². The summed E-state index contributed by atoms with van der Waals surface area (Å²) in [5.41, 5.74) is 3.96. The number of benzene rings is 1. The number of aliphatic hydroxyl groups excluding tert-OH is 1. The molecule has 10 heteroatoms. The number of amides is 2. The summed E-state index contributed by atoms with van der Waals surface area (Å²) >= 11 is 0. The summed E-state index contributed by atoms with van der Waals surface area (Å²) in [5.74, 6) is 1.56. The Morgan fingerprint density at radius 2 is 1.86 bits per heavy atom. The third-order valence-electron chi connectivity index (χ3n) is 8.13. The topological polar surface area (TPSA) is 121 Å². The third-order valence-corrected chi connectivity index (χ3v) is 8.13. The van der Waals surface area contributed by atoms with Crippen LogP contribution in [0, 0.1) is 12.8 Å². The van der Waals surface area contributed by atoms with E-state index >= 15 is 0 Å². The number of anilines is 3. The molecule has 2 amide bonds. The number of nitrogens with one attached hydrogen (secondary N) is 1. The maximum Gasteiger partial charge on any atom is 0.416 e. The average molecular weight is 587 g/mol. The number of fused-ring (bicyclic) bond motifs is 1. The van der Waals surface area contributed by atoms with Crippen molar-refractivity contribution >= 4 is 29.5 Å². The number of ether oxygens (including phenoxy) is 1. The fraction of sp³-hybridized carbons (Fsp3) is 0.485. The minimum absolute atomic E-state index is 0.0348. The Kier molecular flexibility index (Phi) is 8.42. The van der Waals surface area contributed by atoms with Crippen molar-refractivity contribution in [1.82, 2.24) is 19.9 Å². The molecule has 2 N–H and O–H groups in total. The highest BCUT2D eigenvalue weighted by Gasteiger charge is 2.41. The summed E-state index contributed by atoms with van der Waals surface area (Å²) in [5, 5.41) is 12.5. The molecule has 2 aromatic heterocycles. The van der Waals surface area contributed by atoms with Gasteiger partial charge in [0.05, 0.1) is 5.69 Å². The number of aliphatic hydroxyl groups is 1. The molecule has 10 nitrogen and oxygen atoms in total. The van der Waals surface area contributed by atoms with Gasteiger partial charge in [-0.25, -0.2) is 19.7 Å². The fourth-order valence-corrected chi connectivity index (χ4v) is 5.76. The molecular formula is C33H42N6O4. The highest BCUT2D eigenvalue weighted by molar-refractivity contribution is 5.95. The van der Waals surface area contributed by atoms with Crippen molar-refractivity contribution < 1.29 is 19.4 Å². The lowest BCUT2D eigenvalue weighted by molar-refractivity contribution is 0.0577. The average Bonchev–Trinajstić information content (AvgIpc) is 3.24. The van der Waals surface area contributed by atoms with Crippen LogP contribution in [0.15, 0.2) is 42.7 Å². The zero-order valence-corrected chi connectivity index (χ0v) is 26.0. The molecule has 3 aromatic rings. The van der Waals surface area contributed by atoms with Gasteiger partial charge in [0, 0.05) is 66.4 Å². The summed E-state index contributed by atoms with van der Waals surface area (Å²) in [6.45, 7) is 13.8. The number of likely N-dealkylation sites (tertiary alicyclic amines) is 1. The van der Waals surface area contributed by atoms with Crippen molar-refractivity contribution in [3.8, 4) is 11.3 Å². The first kappa shape index (κ1) is 30.4. The number of hydrogen-bond acceptors (Lipinski definition) is 8. The molecule has 0 radical (unpaired) electrons. The minimum atomic E-state index is -0.596. The highest BCUT2D eigenvalue weighted by atomic mass is 16.6. The van der Waals surface area contributed by atoms with Gasteiger partial charge in [0.1, 0.15) is 11.4 Å². The number of aromatic nitrogens is 3. The second-order valence-corrected chi connectivity index (χ2v) is 13.2. The second-order valence-electron chi connectivity index (χ2n) is 13.2. The molecule has 1 aromatic carbocycles. The molecule has 0 bridgehead atoms. The van der Waals surface area contributed by atoms with Crippen LogP contribution < -0.4 is 10.2 Å². The van der Waals surface area contributed by atoms with Gasteiger partial charge in [-0.1, -0.05) is 13.8 Å². The third kappa shape index (κ3) is 6.80. The predicted octanol–water partition coefficient (Wildman–Crippen LogP) is 5.86. The Balaban J connectivity index is 1.31. The largest absolute Gasteiger partial charge is 0.443 e. The van der Waals surface area contributed by atoms with Gasteiger partial charge in [-0.3, -0.25) is 9.69 Å². The van der Waals surface area contributed by atoms with Gasteiger partial charge in [0.15, 0.2) is 0 Å². The molecule has 0 atom stereocenters. The lowest BCUT2D eigenvalue weighted by Crippen LogP contribution is -2.38. The van der Waals surface area contributed by atoms with Crippen LogP contribution in [0.5, 0.6) is 0 Å². The van der Waals surface area contributed by atoms with Crippen molar-refractivity contribution in [2.24, 2.45) is 5.92 Å². The quantitative estimate of drug-likeness (QED) is 0.369. The molecule has 0 aliphatic carbocycles. The Bertz CT molecular complexity index is 1510. The Labute approximate surface area is 253 Å². The van der Waals surface area contributed by atoms with E-state index in [0.717, 1.165) is 54.7 Å². The number of rotatable bonds is 6. The molecule has 1 fully saturated rings. The van der Waals surface area contributed by atoms with Gasteiger partial charge >= 0.3 is 6.09 Å². The van der Waals surface area contributed by atoms with Crippen molar-refractivity contribution in [2.45, 2.75) is 71.8 Å². The molecule has 4 heterocycles. The predicted molar refractivity (Wildman–Crippen MR) is 167 cm³/mol. The van der Waals surface area contributed by atoms with Gasteiger partial charge in [0.2, 0.25) is 5.95 Å². The first-order valence-corrected chi connectivity index (χ1v) is 15.0. The van der Waals surface area contributed by atoms with Crippen LogP contribution in [-0.4, -0.2) is 68.8 Å². The van der Waals surface area contributed by atoms with Crippen molar-refractivity contribution in [3.05, 3.63) is 59.4 Å². The summed E-state index contributed by atoms with van der Waals surface area (Å²) in [6.07, 6.45) is 5.68. The van der Waals surface area contributed by atoms with Crippen molar-refractivity contribution in [3.63, 3.8) is 0 Å². The number of nitrogens with zero attached hydrogens (tertiary/aromatic N) is 5. The van der Waals surface area contributed by atoms with Crippen LogP contribution >= 0.6 is 0 Å². The monoisotopic (exact) mass is 586 g/mol. The van der Waals surface area contributed by atoms with E-state index in [2.05, 4.69) is 29.1 Å². The van der Waals surface area contributed by atoms with E-state index in [1.807, 2.05) is 62.9 Å². The Morgan fingerprint density at radius 1 is 1.12 bits per heavy atom. The Hall–Kier alpha value is -4.05. The number of carbonyl (C=O) groups is 2. The zero-order valence-electron chi connectivity index (χ0n) is 26.0. The summed E-state index contributed by atoms with van der Waals surface area (Å²) in [6, 6.07) is 9.50. The molecule has 43 heavy (non-hydrogen) atoms. The highest BCUT2D eigenvalue weighted by Crippen LogP contribution is 2.41. The SMILES string of the molecule is Cc1cc(C(=O)N2CCC(CCO)CC2)ccc1Nc1nccc(-c2cnc3c(c2)C(C)(C)CN3C(=O)OC(C)(C)C)n1. The lowest BCUT2D eigenvalue weighted by Gasteiger charge is -2.32. The van der Waals surface area contributed by atoms with E-state index in [1.165, 1.54) is 0 Å². The number of pyridine rings is 1. The molecule has 2 aliphatic rings. The minimum Gasteiger partial charge on any atom is -0.443 e. The molecule has 2 aliphatic heterocycles. The van der Waals surface area contributed by atoms with E-state index in [9.17, 15) is 14.7 Å². The number of carbonyl (C=O) groups excluding carboxylic acids is 2. The van der Waals surface area contributed by atoms with Crippen LogP contribution in [0.4, 0.5) is 22.2 Å². The fourth-order valence-electron chi connectivity index (χ4n) is 5.76. The number of aryl methyl sites for hydroxylation is 1. The van der Waals surface area contributed by atoms with E-state index in [-0.39, 0.29) is 17.9 Å². The molecule has 1 saturated heterocycles. The summed E-state index contributed by atoms with van der Waals surface area (Å²) < 4.78 is 5.62. The van der Waals surface area contributed by atoms with Gasteiger partial charge in [-0.2, -0.15) is 0 Å². The number of piperidine rings is 1. The lowest BCUT2D eigenvalue weighted by atomic mass is 9.87. The van der Waals surface area contributed by atoms with Crippen LogP contribution in [0.3, 0.4) is 0 Å². The normalized spacial score (nSPS) is 16.6. The zero-order chi connectivity index (χ0) is 30.9. The molecule has 0 spiro atoms. The van der Waals surface area contributed by atoms with Gasteiger partial charge < -0.3 is 20.1 Å². The van der Waals surface area contributed by atoms with Gasteiger partial charge in [0.25, 0.3) is 5.91 Å². The van der Waals surface area contributed by atoms with Gasteiger partial charge in [-0.15, -0.1) is 0 Å². The number of hydrogen-bond donors (Lipinski definition) is 2. The van der Waals surface area contributed by atoms with Crippen LogP contribution in [-0.2, 0) is 10.2 Å². The van der Waals surface area contributed by atoms with Gasteiger partial charge in [-0.05, 0) is 88.8 Å². The van der Waals surface area contributed by atoms with Crippen LogP contribution in [0.2, 0.25) is 0 Å². The maximum atomic E-state index is 13.1. The summed E-state index contributed by atoms with van der Waals surface area (Å²) in [7, 11) is 0. The molecule has 5 rings (SSSR count). The van der Waals surface area contributed by atoms with Crippen molar-refractivity contribution in [2.75, 3.05) is 36.5 Å². The standard InChI is InChI=1S/C33H42N6O4/c1-21-17-23(29(41)38-14-10-22(11-15-38)12-16-40)7-8-26(21)36-30-34-13-9-27(37-30)24-18-25-28(35-19-24)39(20-33(25,5)6)31(42)43-32(2,3)4/h7-9,13,17-19,22,40H,10-12,14-16,20H2,1-6H3,(H,34,36,37). The molecular weight excluding hydrogens is 544 g/mol. The van der Waals surface area contributed by atoms with E-state index in [1.54, 1.807) is 17.3 Å². The molecule has 228 valence electrons. The smallest absolute Gasteiger partial charge is 0.416 e. The second kappa shape index (κ2) is 11.9. The Morgan fingerprint density at radius 3 is 2.53 bits per heavy atom. The molecule has 0 unspecified atom stereocenters. The van der Waals surface area contributed by atoms with E-state index in [4.69, 9.17) is 9.72 Å². The van der Waals surface area contributed by atoms with Crippen LogP contribution in [0.25, 0.3) is 11.3 Å². The summed E-state index contributed by atoms with van der Waals surface area (Å²) in [4.78, 5) is 43.4. The van der Waals surface area contributed by atoms with Crippen molar-refractivity contribution in [1.29, 1.82) is 0 Å². The molecule has 0 saturated carbocycles. The first-order valence-electron chi connectivity index (χ1n) is 15.0. The van der Waals surface area contributed by atoms with E-state index < -0.39 is 11.7 Å². The maximum absolute atomic E-state index is 13.1. The first-order chi connectivity index (χ1) is 20.3. The van der Waals surface area contributed by atoms with E-state index in [0.29, 0.717) is 35.5 Å².